The zero-order valence-corrected chi connectivity index (χ0v) is 12.5. The van der Waals surface area contributed by atoms with Crippen molar-refractivity contribution in [3.05, 3.63) is 80.5 Å². The molecule has 0 amide bonds. The van der Waals surface area contributed by atoms with E-state index < -0.39 is 11.2 Å². The average molecular weight is 330 g/mol. The van der Waals surface area contributed by atoms with Crippen molar-refractivity contribution in [3.8, 4) is 11.1 Å². The lowest BCUT2D eigenvalue weighted by molar-refractivity contribution is 0.160. The van der Waals surface area contributed by atoms with E-state index in [-0.39, 0.29) is 10.5 Å². The Bertz CT molecular complexity index is 913. The average Bonchev–Trinajstić information content (AvgIpc) is 2.54. The second kappa shape index (κ2) is 6.02. The summed E-state index contributed by atoms with van der Waals surface area (Å²) in [5, 5.41) is 12.7. The Morgan fingerprint density at radius 3 is 2.09 bits per heavy atom. The quantitative estimate of drug-likeness (QED) is 0.645. The van der Waals surface area contributed by atoms with Crippen molar-refractivity contribution >= 4 is 23.1 Å². The number of aromatic nitrogens is 2. The van der Waals surface area contributed by atoms with E-state index in [0.29, 0.717) is 10.7 Å². The number of hydrogen-bond acceptors (Lipinski definition) is 4. The molecule has 116 valence electrons. The molecule has 23 heavy (non-hydrogen) atoms. The molecule has 0 aliphatic heterocycles. The van der Waals surface area contributed by atoms with Crippen molar-refractivity contribution in [1.82, 2.24) is 9.71 Å². The molecule has 0 spiro atoms. The number of aromatic amines is 1. The van der Waals surface area contributed by atoms with Crippen LogP contribution in [0.4, 0.5) is 11.5 Å². The first-order valence-corrected chi connectivity index (χ1v) is 7.09. The molecule has 0 aliphatic rings. The standard InChI is InChI=1S/C16H12ClN3O3/c17-12-5-1-10(2-6-12)11-3-7-13(8-4-11)18-14-9-15(21)20(23)16(22)19-14/h1-9,18,23H,(H,19,22). The van der Waals surface area contributed by atoms with Gasteiger partial charge in [-0.25, -0.2) is 4.79 Å². The maximum absolute atomic E-state index is 11.4. The second-order valence-electron chi connectivity index (χ2n) is 4.85. The van der Waals surface area contributed by atoms with E-state index in [1.54, 1.807) is 0 Å². The summed E-state index contributed by atoms with van der Waals surface area (Å²) in [6, 6.07) is 16.0. The Balaban J connectivity index is 1.84. The summed E-state index contributed by atoms with van der Waals surface area (Å²) in [5.41, 5.74) is 1.00. The van der Waals surface area contributed by atoms with E-state index in [1.807, 2.05) is 48.5 Å². The first-order chi connectivity index (χ1) is 11.0. The van der Waals surface area contributed by atoms with Crippen molar-refractivity contribution in [2.75, 3.05) is 5.32 Å². The summed E-state index contributed by atoms with van der Waals surface area (Å²) in [4.78, 5) is 25.0. The number of rotatable bonds is 3. The summed E-state index contributed by atoms with van der Waals surface area (Å²) in [6.07, 6.45) is 0. The minimum Gasteiger partial charge on any atom is -0.421 e. The third-order valence-corrected chi connectivity index (χ3v) is 3.50. The third-order valence-electron chi connectivity index (χ3n) is 3.25. The molecule has 6 nitrogen and oxygen atoms in total. The van der Waals surface area contributed by atoms with Crippen LogP contribution < -0.4 is 16.6 Å². The number of nitrogens with zero attached hydrogens (tertiary/aromatic N) is 1. The van der Waals surface area contributed by atoms with Gasteiger partial charge in [0.05, 0.1) is 0 Å². The molecule has 2 aromatic carbocycles. The molecule has 0 saturated heterocycles. The Morgan fingerprint density at radius 1 is 0.957 bits per heavy atom. The van der Waals surface area contributed by atoms with Crippen LogP contribution in [0.3, 0.4) is 0 Å². The number of hydrogen-bond donors (Lipinski definition) is 3. The van der Waals surface area contributed by atoms with E-state index in [1.165, 1.54) is 0 Å². The molecule has 3 aromatic rings. The van der Waals surface area contributed by atoms with Crippen molar-refractivity contribution in [3.63, 3.8) is 0 Å². The van der Waals surface area contributed by atoms with E-state index >= 15 is 0 Å². The smallest absolute Gasteiger partial charge is 0.363 e. The van der Waals surface area contributed by atoms with Gasteiger partial charge < -0.3 is 10.5 Å². The summed E-state index contributed by atoms with van der Waals surface area (Å²) < 4.78 is 0.00874. The van der Waals surface area contributed by atoms with Gasteiger partial charge in [0.1, 0.15) is 5.82 Å². The van der Waals surface area contributed by atoms with Gasteiger partial charge in [0, 0.05) is 16.8 Å². The maximum atomic E-state index is 11.4. The lowest BCUT2D eigenvalue weighted by Crippen LogP contribution is -2.33. The molecule has 7 heteroatoms. The third kappa shape index (κ3) is 3.27. The highest BCUT2D eigenvalue weighted by Crippen LogP contribution is 2.23. The monoisotopic (exact) mass is 329 g/mol. The lowest BCUT2D eigenvalue weighted by atomic mass is 10.1. The SMILES string of the molecule is O=c1cc(Nc2ccc(-c3ccc(Cl)cc3)cc2)[nH]c(=O)n1O. The van der Waals surface area contributed by atoms with Gasteiger partial charge in [-0.15, -0.1) is 0 Å². The molecule has 3 N–H and O–H groups in total. The Hall–Kier alpha value is -2.99. The van der Waals surface area contributed by atoms with Crippen LogP contribution in [0, 0.1) is 0 Å². The molecule has 0 fully saturated rings. The van der Waals surface area contributed by atoms with Crippen LogP contribution in [0.2, 0.25) is 5.02 Å². The van der Waals surface area contributed by atoms with Crippen molar-refractivity contribution in [1.29, 1.82) is 0 Å². The molecule has 3 rings (SSSR count). The van der Waals surface area contributed by atoms with Crippen LogP contribution in [-0.4, -0.2) is 14.9 Å². The maximum Gasteiger partial charge on any atom is 0.363 e. The second-order valence-corrected chi connectivity index (χ2v) is 5.28. The number of nitrogens with one attached hydrogen (secondary N) is 2. The molecule has 0 radical (unpaired) electrons. The van der Waals surface area contributed by atoms with Gasteiger partial charge in [0.25, 0.3) is 5.56 Å². The van der Waals surface area contributed by atoms with Gasteiger partial charge in [0.2, 0.25) is 0 Å². The predicted molar refractivity (Wildman–Crippen MR) is 88.7 cm³/mol. The van der Waals surface area contributed by atoms with Gasteiger partial charge in [0.15, 0.2) is 0 Å². The summed E-state index contributed by atoms with van der Waals surface area (Å²) >= 11 is 5.87. The number of halogens is 1. The Kier molecular flexibility index (Phi) is 3.91. The highest BCUT2D eigenvalue weighted by molar-refractivity contribution is 6.30. The first kappa shape index (κ1) is 14.9. The minimum atomic E-state index is -0.905. The molecular formula is C16H12ClN3O3. The van der Waals surface area contributed by atoms with Gasteiger partial charge in [-0.05, 0) is 35.4 Å². The lowest BCUT2D eigenvalue weighted by Gasteiger charge is -2.08. The molecule has 1 heterocycles. The summed E-state index contributed by atoms with van der Waals surface area (Å²) in [5.74, 6) is 0.199. The largest absolute Gasteiger partial charge is 0.421 e. The highest BCUT2D eigenvalue weighted by Gasteiger charge is 2.03. The van der Waals surface area contributed by atoms with Crippen LogP contribution in [0.1, 0.15) is 0 Å². The van der Waals surface area contributed by atoms with Crippen LogP contribution in [-0.2, 0) is 0 Å². The van der Waals surface area contributed by atoms with Crippen LogP contribution in [0.5, 0.6) is 0 Å². The van der Waals surface area contributed by atoms with E-state index in [9.17, 15) is 9.59 Å². The van der Waals surface area contributed by atoms with E-state index in [2.05, 4.69) is 10.3 Å². The molecule has 1 aromatic heterocycles. The van der Waals surface area contributed by atoms with Gasteiger partial charge >= 0.3 is 5.69 Å². The van der Waals surface area contributed by atoms with Crippen LogP contribution in [0.15, 0.2) is 64.2 Å². The molecule has 0 saturated carbocycles. The topological polar surface area (TPSA) is 87.1 Å². The number of benzene rings is 2. The fourth-order valence-corrected chi connectivity index (χ4v) is 2.23. The van der Waals surface area contributed by atoms with Gasteiger partial charge in [-0.3, -0.25) is 9.78 Å². The number of H-pyrrole nitrogens is 1. The first-order valence-electron chi connectivity index (χ1n) is 6.71. The van der Waals surface area contributed by atoms with Crippen LogP contribution >= 0.6 is 11.6 Å². The van der Waals surface area contributed by atoms with E-state index in [0.717, 1.165) is 17.2 Å². The van der Waals surface area contributed by atoms with E-state index in [4.69, 9.17) is 16.8 Å². The molecular weight excluding hydrogens is 318 g/mol. The zero-order chi connectivity index (χ0) is 16.4. The zero-order valence-electron chi connectivity index (χ0n) is 11.8. The summed E-state index contributed by atoms with van der Waals surface area (Å²) in [6.45, 7) is 0. The van der Waals surface area contributed by atoms with Gasteiger partial charge in [-0.1, -0.05) is 40.6 Å². The fourth-order valence-electron chi connectivity index (χ4n) is 2.10. The van der Waals surface area contributed by atoms with Crippen molar-refractivity contribution < 1.29 is 5.21 Å². The minimum absolute atomic E-state index is 0.00874. The van der Waals surface area contributed by atoms with Crippen molar-refractivity contribution in [2.45, 2.75) is 0 Å². The Morgan fingerprint density at radius 2 is 1.52 bits per heavy atom. The molecule has 0 unspecified atom stereocenters. The van der Waals surface area contributed by atoms with Crippen molar-refractivity contribution in [2.24, 2.45) is 0 Å². The summed E-state index contributed by atoms with van der Waals surface area (Å²) in [7, 11) is 0. The number of anilines is 2. The normalized spacial score (nSPS) is 10.5. The predicted octanol–water partition coefficient (Wildman–Crippen LogP) is 2.84. The molecule has 0 aliphatic carbocycles. The molecule has 0 bridgehead atoms. The molecule has 0 atom stereocenters. The van der Waals surface area contributed by atoms with Gasteiger partial charge in [-0.2, -0.15) is 0 Å². The fraction of sp³-hybridized carbons (Fsp3) is 0. The Labute approximate surface area is 135 Å². The van der Waals surface area contributed by atoms with Crippen LogP contribution in [0.25, 0.3) is 11.1 Å². The highest BCUT2D eigenvalue weighted by atomic mass is 35.5.